The van der Waals surface area contributed by atoms with Gasteiger partial charge in [-0.05, 0) is 24.3 Å². The van der Waals surface area contributed by atoms with Crippen molar-refractivity contribution < 1.29 is 17.9 Å². The second-order valence-corrected chi connectivity index (χ2v) is 6.89. The fourth-order valence-corrected chi connectivity index (χ4v) is 3.30. The van der Waals surface area contributed by atoms with E-state index in [1.807, 2.05) is 18.2 Å². The molecule has 0 aliphatic carbocycles. The van der Waals surface area contributed by atoms with Crippen molar-refractivity contribution in [1.29, 1.82) is 0 Å². The Morgan fingerprint density at radius 3 is 2.70 bits per heavy atom. The first-order valence-electron chi connectivity index (χ1n) is 7.44. The number of fused-ring (bicyclic) bond motifs is 1. The molecule has 1 N–H and O–H groups in total. The van der Waals surface area contributed by atoms with E-state index in [0.29, 0.717) is 31.1 Å². The van der Waals surface area contributed by atoms with E-state index < -0.39 is 10.0 Å². The van der Waals surface area contributed by atoms with Crippen LogP contribution in [0.25, 0.3) is 0 Å². The average Bonchev–Trinajstić information content (AvgIpc) is 2.80. The minimum absolute atomic E-state index is 0.169. The van der Waals surface area contributed by atoms with E-state index in [-0.39, 0.29) is 11.4 Å². The summed E-state index contributed by atoms with van der Waals surface area (Å²) in [6.45, 7) is 1.37. The van der Waals surface area contributed by atoms with Gasteiger partial charge in [-0.15, -0.1) is 0 Å². The molecule has 122 valence electrons. The van der Waals surface area contributed by atoms with Gasteiger partial charge in [-0.25, -0.2) is 13.1 Å². The van der Waals surface area contributed by atoms with E-state index in [9.17, 15) is 8.42 Å². The summed E-state index contributed by atoms with van der Waals surface area (Å²) in [6, 6.07) is 10.2. The number of nitrogens with one attached hydrogen (secondary N) is 1. The molecule has 0 radical (unpaired) electrons. The lowest BCUT2D eigenvalue weighted by Crippen LogP contribution is -2.26. The smallest absolute Gasteiger partial charge is 0.240 e. The van der Waals surface area contributed by atoms with Crippen molar-refractivity contribution in [2.24, 2.45) is 0 Å². The van der Waals surface area contributed by atoms with Crippen molar-refractivity contribution >= 4 is 10.0 Å². The Labute approximate surface area is 135 Å². The molecule has 0 amide bonds. The van der Waals surface area contributed by atoms with Crippen LogP contribution in [0.15, 0.2) is 47.5 Å². The van der Waals surface area contributed by atoms with Gasteiger partial charge in [-0.1, -0.05) is 6.07 Å². The van der Waals surface area contributed by atoms with Crippen LogP contribution in [-0.4, -0.2) is 33.2 Å². The molecular weight excluding hydrogens is 316 g/mol. The number of benzene rings is 1. The summed E-state index contributed by atoms with van der Waals surface area (Å²) >= 11 is 0. The zero-order chi connectivity index (χ0) is 16.1. The lowest BCUT2D eigenvalue weighted by molar-refractivity contribution is 0.297. The fraction of sp³-hybridized carbons (Fsp3) is 0.312. The summed E-state index contributed by atoms with van der Waals surface area (Å²) in [5.41, 5.74) is 0.842. The number of rotatable bonds is 5. The molecule has 0 spiro atoms. The maximum Gasteiger partial charge on any atom is 0.240 e. The topological polar surface area (TPSA) is 77.5 Å². The van der Waals surface area contributed by atoms with E-state index in [2.05, 4.69) is 9.71 Å². The highest BCUT2D eigenvalue weighted by molar-refractivity contribution is 7.89. The minimum Gasteiger partial charge on any atom is -0.490 e. The molecule has 0 saturated carbocycles. The zero-order valence-electron chi connectivity index (χ0n) is 12.6. The van der Waals surface area contributed by atoms with Crippen molar-refractivity contribution in [1.82, 2.24) is 9.71 Å². The molecule has 1 aliphatic rings. The van der Waals surface area contributed by atoms with Crippen LogP contribution in [0, 0.1) is 0 Å². The van der Waals surface area contributed by atoms with E-state index in [4.69, 9.17) is 9.47 Å². The van der Waals surface area contributed by atoms with E-state index in [1.165, 1.54) is 12.1 Å². The van der Waals surface area contributed by atoms with Crippen molar-refractivity contribution in [3.05, 3.63) is 48.3 Å². The van der Waals surface area contributed by atoms with Crippen molar-refractivity contribution in [2.45, 2.75) is 17.7 Å². The summed E-state index contributed by atoms with van der Waals surface area (Å²) in [5.74, 6) is 1.05. The molecule has 3 rings (SSSR count). The molecule has 0 unspecified atom stereocenters. The molecule has 2 heterocycles. The normalized spacial score (nSPS) is 14.3. The highest BCUT2D eigenvalue weighted by atomic mass is 32.2. The molecule has 1 aromatic carbocycles. The van der Waals surface area contributed by atoms with Crippen LogP contribution in [0.3, 0.4) is 0 Å². The third-order valence-corrected chi connectivity index (χ3v) is 4.89. The Hall–Kier alpha value is -2.12. The van der Waals surface area contributed by atoms with Gasteiger partial charge in [-0.3, -0.25) is 4.98 Å². The second kappa shape index (κ2) is 6.97. The number of pyridine rings is 1. The van der Waals surface area contributed by atoms with Crippen LogP contribution in [0.5, 0.6) is 11.5 Å². The summed E-state index contributed by atoms with van der Waals surface area (Å²) in [5, 5.41) is 0. The molecule has 6 nitrogen and oxygen atoms in total. The average molecular weight is 334 g/mol. The maximum atomic E-state index is 12.4. The highest BCUT2D eigenvalue weighted by Gasteiger charge is 2.18. The third-order valence-electron chi connectivity index (χ3n) is 3.43. The number of hydrogen-bond acceptors (Lipinski definition) is 5. The predicted octanol–water partition coefficient (Wildman–Crippen LogP) is 1.76. The first kappa shape index (κ1) is 15.8. The SMILES string of the molecule is O=S(=O)(NCCc1ccccn1)c1ccc2c(c1)OCCCO2. The Balaban J connectivity index is 1.68. The van der Waals surface area contributed by atoms with Crippen LogP contribution in [0.4, 0.5) is 0 Å². The summed E-state index contributed by atoms with van der Waals surface area (Å²) < 4.78 is 38.4. The third kappa shape index (κ3) is 4.00. The molecule has 7 heteroatoms. The van der Waals surface area contributed by atoms with Crippen LogP contribution < -0.4 is 14.2 Å². The monoisotopic (exact) mass is 334 g/mol. The van der Waals surface area contributed by atoms with Gasteiger partial charge in [0.15, 0.2) is 11.5 Å². The first-order chi connectivity index (χ1) is 11.1. The minimum atomic E-state index is -3.59. The van der Waals surface area contributed by atoms with E-state index in [1.54, 1.807) is 12.3 Å². The molecule has 1 aromatic heterocycles. The molecule has 0 saturated heterocycles. The molecule has 0 fully saturated rings. The van der Waals surface area contributed by atoms with Gasteiger partial charge in [-0.2, -0.15) is 0 Å². The molecule has 23 heavy (non-hydrogen) atoms. The zero-order valence-corrected chi connectivity index (χ0v) is 13.4. The van der Waals surface area contributed by atoms with Gasteiger partial charge < -0.3 is 9.47 Å². The Morgan fingerprint density at radius 2 is 1.91 bits per heavy atom. The van der Waals surface area contributed by atoms with Gasteiger partial charge in [0.25, 0.3) is 0 Å². The second-order valence-electron chi connectivity index (χ2n) is 5.13. The van der Waals surface area contributed by atoms with Gasteiger partial charge in [0.05, 0.1) is 18.1 Å². The Kier molecular flexibility index (Phi) is 4.78. The number of sulfonamides is 1. The largest absolute Gasteiger partial charge is 0.490 e. The maximum absolute atomic E-state index is 12.4. The molecule has 0 atom stereocenters. The van der Waals surface area contributed by atoms with Crippen molar-refractivity contribution in [3.8, 4) is 11.5 Å². The first-order valence-corrected chi connectivity index (χ1v) is 8.93. The summed E-state index contributed by atoms with van der Waals surface area (Å²) in [6.07, 6.45) is 3.00. The molecular formula is C16H18N2O4S. The highest BCUT2D eigenvalue weighted by Crippen LogP contribution is 2.31. The standard InChI is InChI=1S/C16H18N2O4S/c19-23(20,18-9-7-13-4-1-2-8-17-13)14-5-6-15-16(12-14)22-11-3-10-21-15/h1-2,4-6,8,12,18H,3,7,9-11H2. The van der Waals surface area contributed by atoms with E-state index >= 15 is 0 Å². The summed E-state index contributed by atoms with van der Waals surface area (Å²) in [7, 11) is -3.59. The van der Waals surface area contributed by atoms with Crippen LogP contribution >= 0.6 is 0 Å². The predicted molar refractivity (Wildman–Crippen MR) is 85.2 cm³/mol. The van der Waals surface area contributed by atoms with Crippen molar-refractivity contribution in [2.75, 3.05) is 19.8 Å². The van der Waals surface area contributed by atoms with Crippen molar-refractivity contribution in [3.63, 3.8) is 0 Å². The van der Waals surface area contributed by atoms with Gasteiger partial charge in [0.1, 0.15) is 0 Å². The number of hydrogen-bond donors (Lipinski definition) is 1. The van der Waals surface area contributed by atoms with Crippen LogP contribution in [0.1, 0.15) is 12.1 Å². The lowest BCUT2D eigenvalue weighted by atomic mass is 10.3. The van der Waals surface area contributed by atoms with Gasteiger partial charge in [0, 0.05) is 37.3 Å². The van der Waals surface area contributed by atoms with E-state index in [0.717, 1.165) is 12.1 Å². The Morgan fingerprint density at radius 1 is 1.09 bits per heavy atom. The van der Waals surface area contributed by atoms with Crippen LogP contribution in [0.2, 0.25) is 0 Å². The molecule has 1 aliphatic heterocycles. The number of nitrogens with zero attached hydrogens (tertiary/aromatic N) is 1. The Bertz CT molecular complexity index is 763. The number of ether oxygens (including phenoxy) is 2. The molecule has 2 aromatic rings. The van der Waals surface area contributed by atoms with Gasteiger partial charge >= 0.3 is 0 Å². The lowest BCUT2D eigenvalue weighted by Gasteiger charge is -2.10. The van der Waals surface area contributed by atoms with Crippen LogP contribution in [-0.2, 0) is 16.4 Å². The molecule has 0 bridgehead atoms. The quantitative estimate of drug-likeness (QED) is 0.901. The fourth-order valence-electron chi connectivity index (χ4n) is 2.25. The number of aromatic nitrogens is 1. The summed E-state index contributed by atoms with van der Waals surface area (Å²) in [4.78, 5) is 4.34. The van der Waals surface area contributed by atoms with Gasteiger partial charge in [0.2, 0.25) is 10.0 Å².